The summed E-state index contributed by atoms with van der Waals surface area (Å²) in [5.74, 6) is 0.640. The van der Waals surface area contributed by atoms with Crippen molar-refractivity contribution >= 4 is 0 Å². The van der Waals surface area contributed by atoms with E-state index in [1.165, 1.54) is 0 Å². The van der Waals surface area contributed by atoms with Crippen molar-refractivity contribution < 1.29 is 0 Å². The zero-order valence-electron chi connectivity index (χ0n) is 10.7. The second-order valence-electron chi connectivity index (χ2n) is 4.67. The Morgan fingerprint density at radius 1 is 0.950 bits per heavy atom. The number of aromatic nitrogens is 5. The molecule has 0 saturated carbocycles. The fourth-order valence-electron chi connectivity index (χ4n) is 2.45. The van der Waals surface area contributed by atoms with Crippen molar-refractivity contribution in [1.29, 1.82) is 0 Å². The Hall–Kier alpha value is -2.69. The number of pyridine rings is 1. The van der Waals surface area contributed by atoms with E-state index in [1.54, 1.807) is 12.5 Å². The van der Waals surface area contributed by atoms with Gasteiger partial charge in [0.25, 0.3) is 0 Å². The molecule has 0 aliphatic heterocycles. The molecule has 0 radical (unpaired) electrons. The van der Waals surface area contributed by atoms with Crippen LogP contribution in [0.25, 0.3) is 22.8 Å². The average molecular weight is 261 g/mol. The Labute approximate surface area is 115 Å². The van der Waals surface area contributed by atoms with Crippen LogP contribution in [-0.2, 0) is 12.8 Å². The molecule has 0 aromatic carbocycles. The standard InChI is InChI=1S/C15H11N5/c1-2-6-17-13(3-1)15-18-7-10-4-5-12-11(14(10)20-15)8-16-9-19-12/h1-3,6-9H,4-5H2. The summed E-state index contributed by atoms with van der Waals surface area (Å²) in [6, 6.07) is 5.72. The van der Waals surface area contributed by atoms with Crippen molar-refractivity contribution in [3.63, 3.8) is 0 Å². The van der Waals surface area contributed by atoms with E-state index in [1.807, 2.05) is 30.6 Å². The average Bonchev–Trinajstić information content (AvgIpc) is 2.55. The lowest BCUT2D eigenvalue weighted by molar-refractivity contribution is 0.862. The van der Waals surface area contributed by atoms with Crippen LogP contribution in [-0.4, -0.2) is 24.9 Å². The lowest BCUT2D eigenvalue weighted by atomic mass is 9.95. The van der Waals surface area contributed by atoms with Crippen LogP contribution in [0.1, 0.15) is 11.3 Å². The Morgan fingerprint density at radius 2 is 1.95 bits per heavy atom. The minimum absolute atomic E-state index is 0.640. The summed E-state index contributed by atoms with van der Waals surface area (Å²) in [5.41, 5.74) is 4.92. The molecule has 0 saturated heterocycles. The Kier molecular flexibility index (Phi) is 2.48. The molecular weight excluding hydrogens is 250 g/mol. The zero-order valence-corrected chi connectivity index (χ0v) is 10.7. The molecule has 0 fully saturated rings. The topological polar surface area (TPSA) is 64.5 Å². The molecule has 3 aromatic rings. The molecule has 4 rings (SSSR count). The zero-order chi connectivity index (χ0) is 13.4. The molecular formula is C15H11N5. The van der Waals surface area contributed by atoms with E-state index < -0.39 is 0 Å². The predicted octanol–water partition coefficient (Wildman–Crippen LogP) is 2.09. The van der Waals surface area contributed by atoms with Crippen LogP contribution in [0.5, 0.6) is 0 Å². The van der Waals surface area contributed by atoms with E-state index in [2.05, 4.69) is 24.9 Å². The van der Waals surface area contributed by atoms with Gasteiger partial charge in [-0.25, -0.2) is 19.9 Å². The largest absolute Gasteiger partial charge is 0.253 e. The quantitative estimate of drug-likeness (QED) is 0.671. The van der Waals surface area contributed by atoms with Gasteiger partial charge in [0.1, 0.15) is 12.0 Å². The summed E-state index contributed by atoms with van der Waals surface area (Å²) < 4.78 is 0. The molecule has 3 heterocycles. The normalized spacial score (nSPS) is 12.6. The fourth-order valence-corrected chi connectivity index (χ4v) is 2.45. The maximum Gasteiger partial charge on any atom is 0.178 e. The maximum atomic E-state index is 4.67. The monoisotopic (exact) mass is 261 g/mol. The first-order valence-electron chi connectivity index (χ1n) is 6.48. The van der Waals surface area contributed by atoms with Gasteiger partial charge >= 0.3 is 0 Å². The van der Waals surface area contributed by atoms with Crippen molar-refractivity contribution in [2.24, 2.45) is 0 Å². The van der Waals surface area contributed by atoms with E-state index in [0.717, 1.165) is 41.1 Å². The SMILES string of the molecule is c1ccc(-c2ncc3c(n2)-c2cncnc2CC3)nc1. The van der Waals surface area contributed by atoms with Crippen molar-refractivity contribution in [3.8, 4) is 22.8 Å². The molecule has 0 atom stereocenters. The summed E-state index contributed by atoms with van der Waals surface area (Å²) in [6.45, 7) is 0. The summed E-state index contributed by atoms with van der Waals surface area (Å²) in [4.78, 5) is 21.8. The number of fused-ring (bicyclic) bond motifs is 3. The summed E-state index contributed by atoms with van der Waals surface area (Å²) in [6.07, 6.45) is 8.89. The smallest absolute Gasteiger partial charge is 0.178 e. The molecule has 1 aliphatic carbocycles. The van der Waals surface area contributed by atoms with E-state index in [-0.39, 0.29) is 0 Å². The highest BCUT2D eigenvalue weighted by atomic mass is 14.9. The van der Waals surface area contributed by atoms with E-state index in [0.29, 0.717) is 5.82 Å². The number of hydrogen-bond acceptors (Lipinski definition) is 5. The van der Waals surface area contributed by atoms with Crippen LogP contribution in [0.4, 0.5) is 0 Å². The van der Waals surface area contributed by atoms with Gasteiger partial charge < -0.3 is 0 Å². The minimum atomic E-state index is 0.640. The molecule has 5 nitrogen and oxygen atoms in total. The van der Waals surface area contributed by atoms with Crippen LogP contribution in [0, 0.1) is 0 Å². The van der Waals surface area contributed by atoms with Gasteiger partial charge in [-0.15, -0.1) is 0 Å². The molecule has 5 heteroatoms. The third-order valence-corrected chi connectivity index (χ3v) is 3.44. The van der Waals surface area contributed by atoms with Crippen LogP contribution in [0.3, 0.4) is 0 Å². The van der Waals surface area contributed by atoms with Crippen molar-refractivity contribution in [2.75, 3.05) is 0 Å². The molecule has 0 bridgehead atoms. The second kappa shape index (κ2) is 4.45. The maximum absolute atomic E-state index is 4.67. The van der Waals surface area contributed by atoms with Gasteiger partial charge in [0, 0.05) is 24.2 Å². The highest BCUT2D eigenvalue weighted by Crippen LogP contribution is 2.30. The molecule has 0 N–H and O–H groups in total. The van der Waals surface area contributed by atoms with Crippen molar-refractivity contribution in [3.05, 3.63) is 54.4 Å². The minimum Gasteiger partial charge on any atom is -0.253 e. The third-order valence-electron chi connectivity index (χ3n) is 3.44. The lowest BCUT2D eigenvalue weighted by Gasteiger charge is -2.17. The van der Waals surface area contributed by atoms with Gasteiger partial charge in [-0.05, 0) is 30.5 Å². The number of nitrogens with zero attached hydrogens (tertiary/aromatic N) is 5. The number of hydrogen-bond donors (Lipinski definition) is 0. The van der Waals surface area contributed by atoms with E-state index in [9.17, 15) is 0 Å². The first-order valence-corrected chi connectivity index (χ1v) is 6.48. The van der Waals surface area contributed by atoms with E-state index >= 15 is 0 Å². The van der Waals surface area contributed by atoms with Gasteiger partial charge in [-0.3, -0.25) is 4.98 Å². The fraction of sp³-hybridized carbons (Fsp3) is 0.133. The molecule has 1 aliphatic rings. The summed E-state index contributed by atoms with van der Waals surface area (Å²) in [7, 11) is 0. The van der Waals surface area contributed by atoms with Gasteiger partial charge in [-0.2, -0.15) is 0 Å². The van der Waals surface area contributed by atoms with Crippen LogP contribution < -0.4 is 0 Å². The van der Waals surface area contributed by atoms with Crippen LogP contribution in [0.2, 0.25) is 0 Å². The Morgan fingerprint density at radius 3 is 2.85 bits per heavy atom. The second-order valence-corrected chi connectivity index (χ2v) is 4.67. The molecule has 0 spiro atoms. The number of rotatable bonds is 1. The predicted molar refractivity (Wildman–Crippen MR) is 73.7 cm³/mol. The van der Waals surface area contributed by atoms with Crippen molar-refractivity contribution in [2.45, 2.75) is 12.8 Å². The highest BCUT2D eigenvalue weighted by molar-refractivity contribution is 5.68. The van der Waals surface area contributed by atoms with Gasteiger partial charge in [0.05, 0.1) is 11.4 Å². The van der Waals surface area contributed by atoms with Gasteiger partial charge in [0.2, 0.25) is 0 Å². The number of aryl methyl sites for hydroxylation is 2. The summed E-state index contributed by atoms with van der Waals surface area (Å²) in [5, 5.41) is 0. The van der Waals surface area contributed by atoms with Crippen molar-refractivity contribution in [1.82, 2.24) is 24.9 Å². The Balaban J connectivity index is 1.90. The molecule has 0 amide bonds. The van der Waals surface area contributed by atoms with E-state index in [4.69, 9.17) is 0 Å². The third kappa shape index (κ3) is 1.75. The molecule has 3 aromatic heterocycles. The lowest BCUT2D eigenvalue weighted by Crippen LogP contribution is -2.09. The van der Waals surface area contributed by atoms with Crippen LogP contribution in [0.15, 0.2) is 43.1 Å². The first-order chi connectivity index (χ1) is 9.92. The molecule has 20 heavy (non-hydrogen) atoms. The molecule has 0 unspecified atom stereocenters. The Bertz CT molecular complexity index is 770. The van der Waals surface area contributed by atoms with Gasteiger partial charge in [0.15, 0.2) is 5.82 Å². The first kappa shape index (κ1) is 11.2. The molecule has 96 valence electrons. The van der Waals surface area contributed by atoms with Gasteiger partial charge in [-0.1, -0.05) is 6.07 Å². The van der Waals surface area contributed by atoms with Crippen LogP contribution >= 0.6 is 0 Å². The highest BCUT2D eigenvalue weighted by Gasteiger charge is 2.20. The summed E-state index contributed by atoms with van der Waals surface area (Å²) >= 11 is 0.